The van der Waals surface area contributed by atoms with E-state index in [1.165, 1.54) is 0 Å². The minimum Gasteiger partial charge on any atom is -0.493 e. The quantitative estimate of drug-likeness (QED) is 0.522. The van der Waals surface area contributed by atoms with Crippen LogP contribution >= 0.6 is 0 Å². The van der Waals surface area contributed by atoms with Gasteiger partial charge in [0.2, 0.25) is 5.91 Å². The fourth-order valence-electron chi connectivity index (χ4n) is 3.43. The Morgan fingerprint density at radius 1 is 1.13 bits per heavy atom. The topological polar surface area (TPSA) is 67.9 Å². The maximum absolute atomic E-state index is 12.6. The molecule has 0 aliphatic carbocycles. The third kappa shape index (κ3) is 6.22. The van der Waals surface area contributed by atoms with E-state index in [4.69, 9.17) is 9.47 Å². The molecule has 2 aromatic carbocycles. The van der Waals surface area contributed by atoms with Crippen LogP contribution in [0.4, 0.5) is 0 Å². The van der Waals surface area contributed by atoms with Crippen LogP contribution in [0.5, 0.6) is 11.5 Å². The number of piperidine rings is 1. The number of likely N-dealkylation sites (tertiary alicyclic amines) is 1. The van der Waals surface area contributed by atoms with Crippen LogP contribution in [-0.2, 0) is 4.79 Å². The molecule has 1 fully saturated rings. The minimum atomic E-state index is -0.0697. The number of carbonyl (C=O) groups excluding carboxylic acids is 2. The number of nitrogens with one attached hydrogen (secondary N) is 1. The van der Waals surface area contributed by atoms with Crippen molar-refractivity contribution in [2.45, 2.75) is 18.9 Å². The Kier molecular flexibility index (Phi) is 7.87. The van der Waals surface area contributed by atoms with Crippen molar-refractivity contribution in [1.29, 1.82) is 0 Å². The van der Waals surface area contributed by atoms with Crippen LogP contribution in [-0.4, -0.2) is 49.6 Å². The van der Waals surface area contributed by atoms with E-state index in [0.29, 0.717) is 36.8 Å². The lowest BCUT2D eigenvalue weighted by atomic mass is 10.0. The predicted molar refractivity (Wildman–Crippen MR) is 121 cm³/mol. The van der Waals surface area contributed by atoms with E-state index in [2.05, 4.69) is 11.9 Å². The zero-order chi connectivity index (χ0) is 22.1. The molecule has 3 rings (SSSR count). The number of benzene rings is 2. The van der Waals surface area contributed by atoms with Crippen molar-refractivity contribution in [2.75, 3.05) is 26.8 Å². The van der Waals surface area contributed by atoms with E-state index < -0.39 is 0 Å². The van der Waals surface area contributed by atoms with Gasteiger partial charge < -0.3 is 19.7 Å². The summed E-state index contributed by atoms with van der Waals surface area (Å²) in [5, 5.41) is 3.06. The van der Waals surface area contributed by atoms with Crippen molar-refractivity contribution >= 4 is 17.9 Å². The summed E-state index contributed by atoms with van der Waals surface area (Å²) in [6, 6.07) is 14.8. The molecule has 0 atom stereocenters. The first kappa shape index (κ1) is 22.2. The van der Waals surface area contributed by atoms with Gasteiger partial charge in [-0.05, 0) is 48.7 Å². The van der Waals surface area contributed by atoms with Crippen LogP contribution in [0.15, 0.2) is 67.3 Å². The van der Waals surface area contributed by atoms with Crippen LogP contribution < -0.4 is 14.8 Å². The Labute approximate surface area is 183 Å². The lowest BCUT2D eigenvalue weighted by Gasteiger charge is -2.31. The zero-order valence-electron chi connectivity index (χ0n) is 17.8. The van der Waals surface area contributed by atoms with Gasteiger partial charge >= 0.3 is 0 Å². The molecule has 1 heterocycles. The summed E-state index contributed by atoms with van der Waals surface area (Å²) < 4.78 is 10.9. The summed E-state index contributed by atoms with van der Waals surface area (Å²) >= 11 is 0. The average molecular weight is 421 g/mol. The maximum atomic E-state index is 12.6. The second kappa shape index (κ2) is 11.0. The highest BCUT2D eigenvalue weighted by molar-refractivity contribution is 5.94. The molecule has 0 aromatic heterocycles. The number of hydrogen-bond donors (Lipinski definition) is 1. The minimum absolute atomic E-state index is 0.0428. The standard InChI is InChI=1S/C25H28N2O4/c1-3-17-31-22-11-9-19(18-23(22)30-2)10-12-24(28)27-15-13-21(14-16-27)26-25(29)20-7-5-4-6-8-20/h3-12,18,21H,1,13-17H2,2H3,(H,26,29)/b12-10+. The van der Waals surface area contributed by atoms with Gasteiger partial charge in [-0.25, -0.2) is 0 Å². The van der Waals surface area contributed by atoms with E-state index in [9.17, 15) is 9.59 Å². The van der Waals surface area contributed by atoms with E-state index in [0.717, 1.165) is 18.4 Å². The molecular weight excluding hydrogens is 392 g/mol. The van der Waals surface area contributed by atoms with Gasteiger partial charge in [-0.3, -0.25) is 9.59 Å². The SMILES string of the molecule is C=CCOc1ccc(/C=C/C(=O)N2CCC(NC(=O)c3ccccc3)CC2)cc1OC. The highest BCUT2D eigenvalue weighted by Gasteiger charge is 2.23. The first-order valence-corrected chi connectivity index (χ1v) is 10.4. The lowest BCUT2D eigenvalue weighted by molar-refractivity contribution is -0.126. The van der Waals surface area contributed by atoms with Gasteiger partial charge in [-0.15, -0.1) is 0 Å². The number of ether oxygens (including phenoxy) is 2. The normalized spacial score (nSPS) is 14.3. The summed E-state index contributed by atoms with van der Waals surface area (Å²) in [6.45, 7) is 5.25. The summed E-state index contributed by atoms with van der Waals surface area (Å²) in [6.07, 6.45) is 6.48. The van der Waals surface area contributed by atoms with E-state index >= 15 is 0 Å². The Morgan fingerprint density at radius 3 is 2.55 bits per heavy atom. The molecule has 6 nitrogen and oxygen atoms in total. The number of hydrogen-bond acceptors (Lipinski definition) is 4. The molecule has 1 N–H and O–H groups in total. The highest BCUT2D eigenvalue weighted by Crippen LogP contribution is 2.28. The Balaban J connectivity index is 1.51. The van der Waals surface area contributed by atoms with Crippen molar-refractivity contribution in [1.82, 2.24) is 10.2 Å². The summed E-state index contributed by atoms with van der Waals surface area (Å²) in [5.41, 5.74) is 1.50. The van der Waals surface area contributed by atoms with Crippen LogP contribution in [0.3, 0.4) is 0 Å². The molecule has 1 saturated heterocycles. The number of carbonyl (C=O) groups is 2. The van der Waals surface area contributed by atoms with E-state index in [-0.39, 0.29) is 17.9 Å². The van der Waals surface area contributed by atoms with Crippen molar-refractivity contribution in [3.63, 3.8) is 0 Å². The predicted octanol–water partition coefficient (Wildman–Crippen LogP) is 3.69. The second-order valence-corrected chi connectivity index (χ2v) is 7.28. The average Bonchev–Trinajstić information content (AvgIpc) is 2.82. The fourth-order valence-corrected chi connectivity index (χ4v) is 3.43. The van der Waals surface area contributed by atoms with Crippen molar-refractivity contribution in [2.24, 2.45) is 0 Å². The van der Waals surface area contributed by atoms with Gasteiger partial charge in [-0.2, -0.15) is 0 Å². The maximum Gasteiger partial charge on any atom is 0.251 e. The second-order valence-electron chi connectivity index (χ2n) is 7.28. The zero-order valence-corrected chi connectivity index (χ0v) is 17.8. The first-order valence-electron chi connectivity index (χ1n) is 10.4. The molecule has 2 amide bonds. The molecule has 6 heteroatoms. The number of nitrogens with zero attached hydrogens (tertiary/aromatic N) is 1. The van der Waals surface area contributed by atoms with Gasteiger partial charge in [0.25, 0.3) is 5.91 Å². The van der Waals surface area contributed by atoms with Gasteiger partial charge in [0.1, 0.15) is 6.61 Å². The molecule has 1 aliphatic heterocycles. The molecule has 31 heavy (non-hydrogen) atoms. The highest BCUT2D eigenvalue weighted by atomic mass is 16.5. The first-order chi connectivity index (χ1) is 15.1. The molecule has 1 aliphatic rings. The Morgan fingerprint density at radius 2 is 1.87 bits per heavy atom. The summed E-state index contributed by atoms with van der Waals surface area (Å²) in [7, 11) is 1.58. The number of rotatable bonds is 8. The number of methoxy groups -OCH3 is 1. The molecule has 0 spiro atoms. The third-order valence-corrected chi connectivity index (χ3v) is 5.14. The van der Waals surface area contributed by atoms with Gasteiger partial charge in [-0.1, -0.05) is 36.9 Å². The third-order valence-electron chi connectivity index (χ3n) is 5.14. The van der Waals surface area contributed by atoms with E-state index in [1.807, 2.05) is 36.4 Å². The van der Waals surface area contributed by atoms with Gasteiger partial charge in [0, 0.05) is 30.8 Å². The van der Waals surface area contributed by atoms with Gasteiger partial charge in [0.15, 0.2) is 11.5 Å². The van der Waals surface area contributed by atoms with E-state index in [1.54, 1.807) is 42.4 Å². The Hall–Kier alpha value is -3.54. The van der Waals surface area contributed by atoms with Crippen molar-refractivity contribution in [3.05, 3.63) is 78.4 Å². The summed E-state index contributed by atoms with van der Waals surface area (Å²) in [4.78, 5) is 26.7. The smallest absolute Gasteiger partial charge is 0.251 e. The van der Waals surface area contributed by atoms with Crippen LogP contribution in [0, 0.1) is 0 Å². The molecule has 162 valence electrons. The van der Waals surface area contributed by atoms with Crippen LogP contribution in [0.1, 0.15) is 28.8 Å². The lowest BCUT2D eigenvalue weighted by Crippen LogP contribution is -2.46. The molecule has 2 aromatic rings. The van der Waals surface area contributed by atoms with Crippen LogP contribution in [0.2, 0.25) is 0 Å². The van der Waals surface area contributed by atoms with Crippen LogP contribution in [0.25, 0.3) is 6.08 Å². The Bertz CT molecular complexity index is 932. The molecule has 0 bridgehead atoms. The van der Waals surface area contributed by atoms with Crippen molar-refractivity contribution in [3.8, 4) is 11.5 Å². The fraction of sp³-hybridized carbons (Fsp3) is 0.280. The van der Waals surface area contributed by atoms with Gasteiger partial charge in [0.05, 0.1) is 7.11 Å². The molecule has 0 radical (unpaired) electrons. The molecular formula is C25H28N2O4. The largest absolute Gasteiger partial charge is 0.493 e. The number of amides is 2. The molecule has 0 saturated carbocycles. The monoisotopic (exact) mass is 420 g/mol. The molecule has 0 unspecified atom stereocenters. The van der Waals surface area contributed by atoms with Crippen molar-refractivity contribution < 1.29 is 19.1 Å². The summed E-state index contributed by atoms with van der Waals surface area (Å²) in [5.74, 6) is 1.12.